The molecule has 2 N–H and O–H groups in total. The SMILES string of the molecule is CC(C)CCC(=O)NCC(Cc1ccccc1)C(=O)O. The number of carboxylic acid groups (broad SMARTS) is 1. The fourth-order valence-electron chi connectivity index (χ4n) is 1.89. The van der Waals surface area contributed by atoms with Gasteiger partial charge in [-0.15, -0.1) is 0 Å². The number of benzene rings is 1. The predicted molar refractivity (Wildman–Crippen MR) is 78.4 cm³/mol. The van der Waals surface area contributed by atoms with Crippen LogP contribution in [-0.2, 0) is 16.0 Å². The smallest absolute Gasteiger partial charge is 0.308 e. The average Bonchev–Trinajstić information content (AvgIpc) is 2.42. The summed E-state index contributed by atoms with van der Waals surface area (Å²) in [5.74, 6) is -1.06. The molecule has 1 atom stereocenters. The molecule has 4 nitrogen and oxygen atoms in total. The monoisotopic (exact) mass is 277 g/mol. The van der Waals surface area contributed by atoms with E-state index >= 15 is 0 Å². The van der Waals surface area contributed by atoms with E-state index in [1.165, 1.54) is 0 Å². The van der Waals surface area contributed by atoms with Gasteiger partial charge in [0.25, 0.3) is 0 Å². The molecule has 0 radical (unpaired) electrons. The van der Waals surface area contributed by atoms with Crippen molar-refractivity contribution in [3.8, 4) is 0 Å². The van der Waals surface area contributed by atoms with Crippen molar-refractivity contribution in [2.24, 2.45) is 11.8 Å². The molecule has 0 bridgehead atoms. The number of hydrogen-bond donors (Lipinski definition) is 2. The first-order valence-electron chi connectivity index (χ1n) is 7.02. The first kappa shape index (κ1) is 16.2. The van der Waals surface area contributed by atoms with Crippen molar-refractivity contribution < 1.29 is 14.7 Å². The molecule has 0 saturated heterocycles. The van der Waals surface area contributed by atoms with E-state index in [0.29, 0.717) is 18.8 Å². The Hall–Kier alpha value is -1.84. The number of carbonyl (C=O) groups excluding carboxylic acids is 1. The third-order valence-corrected chi connectivity index (χ3v) is 3.17. The van der Waals surface area contributed by atoms with Crippen LogP contribution in [0, 0.1) is 11.8 Å². The first-order chi connectivity index (χ1) is 9.49. The lowest BCUT2D eigenvalue weighted by Gasteiger charge is -2.14. The highest BCUT2D eigenvalue weighted by atomic mass is 16.4. The van der Waals surface area contributed by atoms with Gasteiger partial charge in [0.1, 0.15) is 0 Å². The zero-order valence-electron chi connectivity index (χ0n) is 12.1. The molecule has 1 unspecified atom stereocenters. The third-order valence-electron chi connectivity index (χ3n) is 3.17. The first-order valence-corrected chi connectivity index (χ1v) is 7.02. The number of nitrogens with one attached hydrogen (secondary N) is 1. The number of amides is 1. The number of rotatable bonds is 8. The van der Waals surface area contributed by atoms with Crippen LogP contribution in [0.3, 0.4) is 0 Å². The van der Waals surface area contributed by atoms with Crippen molar-refractivity contribution in [1.82, 2.24) is 5.32 Å². The Labute approximate surface area is 120 Å². The van der Waals surface area contributed by atoms with Gasteiger partial charge in [0.15, 0.2) is 0 Å². The highest BCUT2D eigenvalue weighted by Gasteiger charge is 2.18. The molecular weight excluding hydrogens is 254 g/mol. The zero-order valence-corrected chi connectivity index (χ0v) is 12.1. The summed E-state index contributed by atoms with van der Waals surface area (Å²) < 4.78 is 0. The third kappa shape index (κ3) is 6.36. The molecule has 110 valence electrons. The summed E-state index contributed by atoms with van der Waals surface area (Å²) in [6, 6.07) is 9.46. The van der Waals surface area contributed by atoms with Gasteiger partial charge in [-0.1, -0.05) is 44.2 Å². The van der Waals surface area contributed by atoms with Gasteiger partial charge >= 0.3 is 5.97 Å². The molecule has 1 aromatic carbocycles. The van der Waals surface area contributed by atoms with Crippen LogP contribution in [0.15, 0.2) is 30.3 Å². The molecule has 0 heterocycles. The van der Waals surface area contributed by atoms with E-state index in [2.05, 4.69) is 19.2 Å². The second kappa shape index (κ2) is 8.35. The van der Waals surface area contributed by atoms with Gasteiger partial charge < -0.3 is 10.4 Å². The highest BCUT2D eigenvalue weighted by molar-refractivity contribution is 5.77. The van der Waals surface area contributed by atoms with E-state index in [4.69, 9.17) is 0 Å². The largest absolute Gasteiger partial charge is 0.481 e. The summed E-state index contributed by atoms with van der Waals surface area (Å²) in [7, 11) is 0. The second-order valence-corrected chi connectivity index (χ2v) is 5.46. The lowest BCUT2D eigenvalue weighted by molar-refractivity contribution is -0.141. The zero-order chi connectivity index (χ0) is 15.0. The summed E-state index contributed by atoms with van der Waals surface area (Å²) >= 11 is 0. The Morgan fingerprint density at radius 2 is 1.85 bits per heavy atom. The molecule has 0 spiro atoms. The van der Waals surface area contributed by atoms with Crippen molar-refractivity contribution in [3.63, 3.8) is 0 Å². The predicted octanol–water partition coefficient (Wildman–Crippen LogP) is 2.48. The van der Waals surface area contributed by atoms with Crippen LogP contribution in [0.2, 0.25) is 0 Å². The lowest BCUT2D eigenvalue weighted by atomic mass is 9.99. The second-order valence-electron chi connectivity index (χ2n) is 5.46. The topological polar surface area (TPSA) is 66.4 Å². The minimum absolute atomic E-state index is 0.0713. The van der Waals surface area contributed by atoms with Crippen LogP contribution in [0.4, 0.5) is 0 Å². The van der Waals surface area contributed by atoms with Gasteiger partial charge in [0.05, 0.1) is 5.92 Å². The van der Waals surface area contributed by atoms with Crippen LogP contribution >= 0.6 is 0 Å². The van der Waals surface area contributed by atoms with Gasteiger partial charge in [-0.2, -0.15) is 0 Å². The average molecular weight is 277 g/mol. The fraction of sp³-hybridized carbons (Fsp3) is 0.500. The Balaban J connectivity index is 2.44. The molecule has 0 fully saturated rings. The minimum Gasteiger partial charge on any atom is -0.481 e. The van der Waals surface area contributed by atoms with Crippen molar-refractivity contribution in [3.05, 3.63) is 35.9 Å². The molecule has 0 aliphatic carbocycles. The summed E-state index contributed by atoms with van der Waals surface area (Å²) in [6.45, 7) is 4.30. The maximum atomic E-state index is 11.6. The molecule has 1 rings (SSSR count). The van der Waals surface area contributed by atoms with E-state index in [9.17, 15) is 14.7 Å². The summed E-state index contributed by atoms with van der Waals surface area (Å²) in [5.41, 5.74) is 0.969. The summed E-state index contributed by atoms with van der Waals surface area (Å²) in [6.07, 6.45) is 1.71. The standard InChI is InChI=1S/C16H23NO3/c1-12(2)8-9-15(18)17-11-14(16(19)20)10-13-6-4-3-5-7-13/h3-7,12,14H,8-11H2,1-2H3,(H,17,18)(H,19,20). The molecule has 1 aromatic rings. The van der Waals surface area contributed by atoms with Crippen LogP contribution in [0.5, 0.6) is 0 Å². The van der Waals surface area contributed by atoms with Gasteiger partial charge in [-0.3, -0.25) is 9.59 Å². The molecular formula is C16H23NO3. The van der Waals surface area contributed by atoms with E-state index < -0.39 is 11.9 Å². The Kier molecular flexibility index (Phi) is 6.77. The van der Waals surface area contributed by atoms with Gasteiger partial charge in [0.2, 0.25) is 5.91 Å². The van der Waals surface area contributed by atoms with Gasteiger partial charge in [-0.05, 0) is 24.3 Å². The van der Waals surface area contributed by atoms with Crippen LogP contribution in [0.1, 0.15) is 32.3 Å². The highest BCUT2D eigenvalue weighted by Crippen LogP contribution is 2.09. The van der Waals surface area contributed by atoms with E-state index in [-0.39, 0.29) is 12.5 Å². The molecule has 0 aromatic heterocycles. The molecule has 1 amide bonds. The van der Waals surface area contributed by atoms with E-state index in [1.807, 2.05) is 30.3 Å². The summed E-state index contributed by atoms with van der Waals surface area (Å²) in [5, 5.41) is 11.9. The number of aliphatic carboxylic acids is 1. The van der Waals surface area contributed by atoms with Crippen LogP contribution < -0.4 is 5.32 Å². The van der Waals surface area contributed by atoms with Crippen LogP contribution in [-0.4, -0.2) is 23.5 Å². The molecule has 0 saturated carbocycles. The Bertz CT molecular complexity index is 429. The van der Waals surface area contributed by atoms with Crippen molar-refractivity contribution >= 4 is 11.9 Å². The minimum atomic E-state index is -0.877. The van der Waals surface area contributed by atoms with Crippen molar-refractivity contribution in [1.29, 1.82) is 0 Å². The molecule has 20 heavy (non-hydrogen) atoms. The quantitative estimate of drug-likeness (QED) is 0.767. The van der Waals surface area contributed by atoms with E-state index in [0.717, 1.165) is 12.0 Å². The number of hydrogen-bond acceptors (Lipinski definition) is 2. The fourth-order valence-corrected chi connectivity index (χ4v) is 1.89. The van der Waals surface area contributed by atoms with Gasteiger partial charge in [-0.25, -0.2) is 0 Å². The maximum Gasteiger partial charge on any atom is 0.308 e. The molecule has 0 aliphatic rings. The number of carbonyl (C=O) groups is 2. The Morgan fingerprint density at radius 3 is 2.40 bits per heavy atom. The van der Waals surface area contributed by atoms with Crippen LogP contribution in [0.25, 0.3) is 0 Å². The number of carboxylic acids is 1. The van der Waals surface area contributed by atoms with Crippen molar-refractivity contribution in [2.45, 2.75) is 33.1 Å². The van der Waals surface area contributed by atoms with E-state index in [1.54, 1.807) is 0 Å². The summed E-state index contributed by atoms with van der Waals surface area (Å²) in [4.78, 5) is 22.9. The maximum absolute atomic E-state index is 11.6. The molecule has 0 aliphatic heterocycles. The lowest BCUT2D eigenvalue weighted by Crippen LogP contribution is -2.34. The Morgan fingerprint density at radius 1 is 1.20 bits per heavy atom. The molecule has 4 heteroatoms. The van der Waals surface area contributed by atoms with Gasteiger partial charge in [0, 0.05) is 13.0 Å². The normalized spacial score (nSPS) is 12.2. The van der Waals surface area contributed by atoms with Crippen molar-refractivity contribution in [2.75, 3.05) is 6.54 Å².